The number of hydrogen-bond acceptors (Lipinski definition) is 6. The fourth-order valence-corrected chi connectivity index (χ4v) is 3.67. The van der Waals surface area contributed by atoms with Gasteiger partial charge in [-0.2, -0.15) is 4.98 Å². The molecule has 7 heteroatoms. The number of rotatable bonds is 2. The minimum Gasteiger partial charge on any atom is -0.397 e. The molecule has 0 amide bonds. The molecule has 0 unspecified atom stereocenters. The van der Waals surface area contributed by atoms with Gasteiger partial charge in [-0.05, 0) is 45.9 Å². The molecule has 3 aromatic heterocycles. The monoisotopic (exact) mass is 341 g/mol. The molecule has 3 aromatic rings. The van der Waals surface area contributed by atoms with E-state index >= 15 is 0 Å². The maximum Gasteiger partial charge on any atom is 0.270 e. The lowest BCUT2D eigenvalue weighted by Crippen LogP contribution is -1.87. The SMILES string of the molecule is Cc1csc(-c2nc(-c3ccc(Br)s3)no2)c1N. The molecule has 0 spiro atoms. The van der Waals surface area contributed by atoms with Crippen LogP contribution in [0.4, 0.5) is 5.69 Å². The topological polar surface area (TPSA) is 64.9 Å². The number of halogens is 1. The molecule has 2 N–H and O–H groups in total. The van der Waals surface area contributed by atoms with Gasteiger partial charge in [-0.3, -0.25) is 0 Å². The molecule has 3 rings (SSSR count). The first-order chi connectivity index (χ1) is 8.65. The maximum absolute atomic E-state index is 5.96. The van der Waals surface area contributed by atoms with Gasteiger partial charge in [-0.25, -0.2) is 0 Å². The third-order valence-electron chi connectivity index (χ3n) is 2.44. The van der Waals surface area contributed by atoms with Crippen molar-refractivity contribution >= 4 is 44.3 Å². The van der Waals surface area contributed by atoms with Crippen LogP contribution < -0.4 is 5.73 Å². The molecule has 4 nitrogen and oxygen atoms in total. The van der Waals surface area contributed by atoms with Crippen molar-refractivity contribution < 1.29 is 4.52 Å². The Bertz CT molecular complexity index is 701. The van der Waals surface area contributed by atoms with E-state index in [-0.39, 0.29) is 0 Å². The van der Waals surface area contributed by atoms with Crippen molar-refractivity contribution in [1.29, 1.82) is 0 Å². The molecule has 3 heterocycles. The van der Waals surface area contributed by atoms with Gasteiger partial charge in [0.1, 0.15) is 4.88 Å². The smallest absolute Gasteiger partial charge is 0.270 e. The molecule has 92 valence electrons. The lowest BCUT2D eigenvalue weighted by Gasteiger charge is -1.91. The summed E-state index contributed by atoms with van der Waals surface area (Å²) < 4.78 is 6.31. The number of aryl methyl sites for hydroxylation is 1. The quantitative estimate of drug-likeness (QED) is 0.759. The van der Waals surface area contributed by atoms with Crippen molar-refractivity contribution in [3.8, 4) is 21.5 Å². The predicted molar refractivity (Wildman–Crippen MR) is 77.8 cm³/mol. The van der Waals surface area contributed by atoms with E-state index in [0.29, 0.717) is 17.4 Å². The van der Waals surface area contributed by atoms with Crippen molar-refractivity contribution in [2.24, 2.45) is 0 Å². The summed E-state index contributed by atoms with van der Waals surface area (Å²) in [6.45, 7) is 1.96. The van der Waals surface area contributed by atoms with E-state index in [1.165, 1.54) is 11.3 Å². The zero-order valence-corrected chi connectivity index (χ0v) is 12.5. The Balaban J connectivity index is 2.01. The Morgan fingerprint density at radius 3 is 2.83 bits per heavy atom. The zero-order chi connectivity index (χ0) is 12.7. The van der Waals surface area contributed by atoms with Crippen molar-refractivity contribution in [1.82, 2.24) is 10.1 Å². The van der Waals surface area contributed by atoms with Gasteiger partial charge in [0, 0.05) is 0 Å². The highest BCUT2D eigenvalue weighted by atomic mass is 79.9. The predicted octanol–water partition coefficient (Wildman–Crippen LogP) is 4.18. The standard InChI is InChI=1S/C11H8BrN3OS2/c1-5-4-17-9(8(5)13)11-14-10(15-16-11)6-2-3-7(12)18-6/h2-4H,13H2,1H3. The maximum atomic E-state index is 5.96. The molecule has 0 bridgehead atoms. The summed E-state index contributed by atoms with van der Waals surface area (Å²) in [7, 11) is 0. The summed E-state index contributed by atoms with van der Waals surface area (Å²) in [6.07, 6.45) is 0. The lowest BCUT2D eigenvalue weighted by atomic mass is 10.3. The molecule has 0 aliphatic rings. The van der Waals surface area contributed by atoms with Crippen LogP contribution in [0.5, 0.6) is 0 Å². The average molecular weight is 342 g/mol. The third kappa shape index (κ3) is 1.98. The van der Waals surface area contributed by atoms with E-state index in [0.717, 1.165) is 19.1 Å². The highest BCUT2D eigenvalue weighted by Gasteiger charge is 2.16. The van der Waals surface area contributed by atoms with Crippen LogP contribution in [-0.4, -0.2) is 10.1 Å². The second kappa shape index (κ2) is 4.49. The second-order valence-electron chi connectivity index (χ2n) is 3.69. The molecule has 0 aromatic carbocycles. The molecular formula is C11H8BrN3OS2. The van der Waals surface area contributed by atoms with Gasteiger partial charge in [-0.1, -0.05) is 5.16 Å². The number of hydrogen-bond donors (Lipinski definition) is 1. The Kier molecular flexibility index (Phi) is 2.96. The second-order valence-corrected chi connectivity index (χ2v) is 7.03. The van der Waals surface area contributed by atoms with E-state index in [1.807, 2.05) is 24.4 Å². The molecule has 0 fully saturated rings. The van der Waals surface area contributed by atoms with E-state index in [2.05, 4.69) is 26.1 Å². The number of anilines is 1. The van der Waals surface area contributed by atoms with Crippen LogP contribution in [0.15, 0.2) is 25.8 Å². The van der Waals surface area contributed by atoms with Crippen molar-refractivity contribution in [2.45, 2.75) is 6.92 Å². The normalized spacial score (nSPS) is 11.0. The lowest BCUT2D eigenvalue weighted by molar-refractivity contribution is 0.433. The summed E-state index contributed by atoms with van der Waals surface area (Å²) in [5.74, 6) is 1.07. The van der Waals surface area contributed by atoms with E-state index in [9.17, 15) is 0 Å². The van der Waals surface area contributed by atoms with Crippen molar-refractivity contribution in [2.75, 3.05) is 5.73 Å². The van der Waals surface area contributed by atoms with Gasteiger partial charge in [0.05, 0.1) is 14.4 Å². The first kappa shape index (κ1) is 11.9. The minimum absolute atomic E-state index is 0.477. The van der Waals surface area contributed by atoms with Crippen LogP contribution >= 0.6 is 38.6 Å². The van der Waals surface area contributed by atoms with Gasteiger partial charge < -0.3 is 10.3 Å². The summed E-state index contributed by atoms with van der Waals surface area (Å²) in [4.78, 5) is 6.18. The van der Waals surface area contributed by atoms with Gasteiger partial charge in [-0.15, -0.1) is 22.7 Å². The number of thiophene rings is 2. The number of nitrogens with zero attached hydrogens (tertiary/aromatic N) is 2. The molecule has 18 heavy (non-hydrogen) atoms. The Labute approximate surface area is 120 Å². The molecule has 0 saturated carbocycles. The Hall–Kier alpha value is -1.18. The van der Waals surface area contributed by atoms with Crippen LogP contribution in [0.3, 0.4) is 0 Å². The minimum atomic E-state index is 0.477. The zero-order valence-electron chi connectivity index (χ0n) is 9.31. The highest BCUT2D eigenvalue weighted by molar-refractivity contribution is 9.11. The number of nitrogens with two attached hydrogens (primary N) is 1. The molecule has 0 radical (unpaired) electrons. The van der Waals surface area contributed by atoms with Gasteiger partial charge in [0.2, 0.25) is 5.82 Å². The summed E-state index contributed by atoms with van der Waals surface area (Å²) in [5.41, 5.74) is 7.71. The van der Waals surface area contributed by atoms with Crippen molar-refractivity contribution in [3.05, 3.63) is 26.9 Å². The first-order valence-corrected chi connectivity index (χ1v) is 7.57. The van der Waals surface area contributed by atoms with E-state index < -0.39 is 0 Å². The van der Waals surface area contributed by atoms with Crippen LogP contribution in [0.25, 0.3) is 21.5 Å². The summed E-state index contributed by atoms with van der Waals surface area (Å²) >= 11 is 6.49. The molecular weight excluding hydrogens is 334 g/mol. The largest absolute Gasteiger partial charge is 0.397 e. The van der Waals surface area contributed by atoms with Crippen LogP contribution in [0.2, 0.25) is 0 Å². The van der Waals surface area contributed by atoms with Crippen LogP contribution in [0.1, 0.15) is 5.56 Å². The van der Waals surface area contributed by atoms with Gasteiger partial charge >= 0.3 is 0 Å². The van der Waals surface area contributed by atoms with Crippen LogP contribution in [0, 0.1) is 6.92 Å². The number of nitrogen functional groups attached to an aromatic ring is 1. The summed E-state index contributed by atoms with van der Waals surface area (Å²) in [6, 6.07) is 3.91. The fraction of sp³-hybridized carbons (Fsp3) is 0.0909. The van der Waals surface area contributed by atoms with E-state index in [1.54, 1.807) is 11.3 Å². The Morgan fingerprint density at radius 1 is 1.39 bits per heavy atom. The number of aromatic nitrogens is 2. The third-order valence-corrected chi connectivity index (χ3v) is 5.16. The fourth-order valence-electron chi connectivity index (χ4n) is 1.47. The van der Waals surface area contributed by atoms with Crippen LogP contribution in [-0.2, 0) is 0 Å². The first-order valence-electron chi connectivity index (χ1n) is 5.08. The van der Waals surface area contributed by atoms with Gasteiger partial charge in [0.15, 0.2) is 0 Å². The molecule has 0 saturated heterocycles. The van der Waals surface area contributed by atoms with Crippen molar-refractivity contribution in [3.63, 3.8) is 0 Å². The highest BCUT2D eigenvalue weighted by Crippen LogP contribution is 2.36. The van der Waals surface area contributed by atoms with Gasteiger partial charge in [0.25, 0.3) is 5.89 Å². The van der Waals surface area contributed by atoms with E-state index in [4.69, 9.17) is 10.3 Å². The molecule has 0 aliphatic carbocycles. The molecule has 0 aliphatic heterocycles. The summed E-state index contributed by atoms with van der Waals surface area (Å²) in [5, 5.41) is 5.96. The molecule has 0 atom stereocenters. The average Bonchev–Trinajstić information content (AvgIpc) is 3.02. The Morgan fingerprint density at radius 2 is 2.22 bits per heavy atom.